The van der Waals surface area contributed by atoms with E-state index in [1.807, 2.05) is 48.5 Å². The largest absolute Gasteiger partial charge is 0.324 e. The zero-order valence-electron chi connectivity index (χ0n) is 22.6. The van der Waals surface area contributed by atoms with Gasteiger partial charge in [-0.15, -0.1) is 0 Å². The Morgan fingerprint density at radius 1 is 0.725 bits per heavy atom. The highest BCUT2D eigenvalue weighted by atomic mass is 19.1. The first-order chi connectivity index (χ1) is 19.6. The molecule has 0 aromatic heterocycles. The Labute approximate surface area is 235 Å². The molecule has 1 fully saturated rings. The summed E-state index contributed by atoms with van der Waals surface area (Å²) in [6.07, 6.45) is 3.22. The molecule has 3 nitrogen and oxygen atoms in total. The van der Waals surface area contributed by atoms with Crippen molar-refractivity contribution >= 4 is 5.91 Å². The zero-order chi connectivity index (χ0) is 27.5. The lowest BCUT2D eigenvalue weighted by Crippen LogP contribution is -2.51. The van der Waals surface area contributed by atoms with Crippen molar-refractivity contribution in [3.63, 3.8) is 0 Å². The number of piperidine rings is 1. The number of rotatable bonds is 8. The summed E-state index contributed by atoms with van der Waals surface area (Å²) < 4.78 is 29.6. The normalized spacial score (nSPS) is 16.6. The van der Waals surface area contributed by atoms with Crippen LogP contribution in [0.2, 0.25) is 0 Å². The van der Waals surface area contributed by atoms with Gasteiger partial charge in [0.15, 0.2) is 0 Å². The van der Waals surface area contributed by atoms with Gasteiger partial charge in [-0.1, -0.05) is 84.9 Å². The molecule has 1 saturated heterocycles. The third kappa shape index (κ3) is 4.95. The summed E-state index contributed by atoms with van der Waals surface area (Å²) in [5, 5.41) is 0. The number of hydrogen-bond donors (Lipinski definition) is 0. The number of hydrogen-bond acceptors (Lipinski definition) is 2. The Kier molecular flexibility index (Phi) is 7.48. The monoisotopic (exact) mass is 536 g/mol. The SMILES string of the molecule is O=C1c2ccccc2C2(CCN(CCCC(c3ccccc3F)c3ccccc3F)CC2)N1Cc1ccccc1. The molecule has 0 bridgehead atoms. The second-order valence-corrected chi connectivity index (χ2v) is 11.0. The summed E-state index contributed by atoms with van der Waals surface area (Å²) in [6.45, 7) is 3.19. The lowest BCUT2D eigenvalue weighted by molar-refractivity contribution is 0.0227. The maximum absolute atomic E-state index is 14.8. The first-order valence-corrected chi connectivity index (χ1v) is 14.2. The molecule has 0 aliphatic carbocycles. The molecule has 0 saturated carbocycles. The first-order valence-electron chi connectivity index (χ1n) is 14.2. The fourth-order valence-corrected chi connectivity index (χ4v) is 6.75. The van der Waals surface area contributed by atoms with Crippen LogP contribution in [0.3, 0.4) is 0 Å². The van der Waals surface area contributed by atoms with E-state index in [0.717, 1.165) is 55.6 Å². The molecule has 0 unspecified atom stereocenters. The van der Waals surface area contributed by atoms with Crippen molar-refractivity contribution in [1.82, 2.24) is 9.80 Å². The van der Waals surface area contributed by atoms with E-state index in [1.54, 1.807) is 24.3 Å². The molecule has 2 heterocycles. The van der Waals surface area contributed by atoms with E-state index in [2.05, 4.69) is 28.0 Å². The smallest absolute Gasteiger partial charge is 0.255 e. The molecule has 0 atom stereocenters. The lowest BCUT2D eigenvalue weighted by Gasteiger charge is -2.45. The third-order valence-electron chi connectivity index (χ3n) is 8.82. The number of likely N-dealkylation sites (tertiary alicyclic amines) is 1. The van der Waals surface area contributed by atoms with Crippen LogP contribution in [-0.2, 0) is 12.1 Å². The van der Waals surface area contributed by atoms with E-state index in [4.69, 9.17) is 0 Å². The summed E-state index contributed by atoms with van der Waals surface area (Å²) in [5.74, 6) is -0.803. The average molecular weight is 537 g/mol. The number of fused-ring (bicyclic) bond motifs is 2. The molecular weight excluding hydrogens is 502 g/mol. The van der Waals surface area contributed by atoms with Gasteiger partial charge in [0.2, 0.25) is 0 Å². The van der Waals surface area contributed by atoms with E-state index < -0.39 is 0 Å². The highest BCUT2D eigenvalue weighted by Crippen LogP contribution is 2.47. The molecule has 2 aliphatic rings. The summed E-state index contributed by atoms with van der Waals surface area (Å²) in [4.78, 5) is 18.1. The Hall–Kier alpha value is -3.83. The van der Waals surface area contributed by atoms with Crippen LogP contribution in [0.25, 0.3) is 0 Å². The topological polar surface area (TPSA) is 23.6 Å². The van der Waals surface area contributed by atoms with Gasteiger partial charge in [-0.05, 0) is 72.7 Å². The van der Waals surface area contributed by atoms with E-state index in [-0.39, 0.29) is 29.0 Å². The van der Waals surface area contributed by atoms with Crippen LogP contribution < -0.4 is 0 Å². The van der Waals surface area contributed by atoms with Crippen LogP contribution in [0.5, 0.6) is 0 Å². The molecule has 6 rings (SSSR count). The quantitative estimate of drug-likeness (QED) is 0.232. The number of carbonyl (C=O) groups excluding carboxylic acids is 1. The maximum atomic E-state index is 14.8. The fraction of sp³-hybridized carbons (Fsp3) is 0.286. The van der Waals surface area contributed by atoms with Crippen LogP contribution in [-0.4, -0.2) is 35.3 Å². The number of benzene rings is 4. The Morgan fingerprint density at radius 3 is 1.95 bits per heavy atom. The van der Waals surface area contributed by atoms with Gasteiger partial charge in [-0.3, -0.25) is 4.79 Å². The number of halogens is 2. The molecular formula is C35H34F2N2O. The second-order valence-electron chi connectivity index (χ2n) is 11.0. The number of amides is 1. The fourth-order valence-electron chi connectivity index (χ4n) is 6.75. The summed E-state index contributed by atoms with van der Waals surface area (Å²) in [7, 11) is 0. The molecule has 4 aromatic rings. The summed E-state index contributed by atoms with van der Waals surface area (Å²) in [6, 6.07) is 31.7. The van der Waals surface area contributed by atoms with Crippen molar-refractivity contribution in [2.45, 2.75) is 43.7 Å². The van der Waals surface area contributed by atoms with Crippen molar-refractivity contribution in [3.05, 3.63) is 143 Å². The minimum atomic E-state index is -0.334. The molecule has 5 heteroatoms. The number of carbonyl (C=O) groups is 1. The minimum Gasteiger partial charge on any atom is -0.324 e. The van der Waals surface area contributed by atoms with Crippen LogP contribution in [0, 0.1) is 11.6 Å². The zero-order valence-corrected chi connectivity index (χ0v) is 22.6. The van der Waals surface area contributed by atoms with Crippen LogP contribution in [0.1, 0.15) is 64.2 Å². The molecule has 1 spiro atoms. The Bertz CT molecular complexity index is 1430. The lowest BCUT2D eigenvalue weighted by atomic mass is 9.80. The van der Waals surface area contributed by atoms with E-state index in [1.165, 1.54) is 12.1 Å². The van der Waals surface area contributed by atoms with E-state index in [0.29, 0.717) is 24.1 Å². The van der Waals surface area contributed by atoms with E-state index >= 15 is 0 Å². The molecule has 0 N–H and O–H groups in total. The molecule has 2 aliphatic heterocycles. The van der Waals surface area contributed by atoms with Crippen molar-refractivity contribution in [2.75, 3.05) is 19.6 Å². The van der Waals surface area contributed by atoms with Gasteiger partial charge in [0, 0.05) is 31.1 Å². The van der Waals surface area contributed by atoms with Gasteiger partial charge < -0.3 is 9.80 Å². The van der Waals surface area contributed by atoms with Crippen molar-refractivity contribution in [2.24, 2.45) is 0 Å². The first kappa shape index (κ1) is 26.4. The van der Waals surface area contributed by atoms with Crippen LogP contribution >= 0.6 is 0 Å². The van der Waals surface area contributed by atoms with Gasteiger partial charge in [-0.2, -0.15) is 0 Å². The van der Waals surface area contributed by atoms with Gasteiger partial charge in [-0.25, -0.2) is 8.78 Å². The second kappa shape index (κ2) is 11.3. The molecule has 0 radical (unpaired) electrons. The van der Waals surface area contributed by atoms with Crippen molar-refractivity contribution < 1.29 is 13.6 Å². The van der Waals surface area contributed by atoms with Gasteiger partial charge >= 0.3 is 0 Å². The number of nitrogens with zero attached hydrogens (tertiary/aromatic N) is 2. The highest BCUT2D eigenvalue weighted by Gasteiger charge is 2.50. The Balaban J connectivity index is 1.16. The van der Waals surface area contributed by atoms with Crippen molar-refractivity contribution in [3.8, 4) is 0 Å². The molecule has 204 valence electrons. The molecule has 40 heavy (non-hydrogen) atoms. The van der Waals surface area contributed by atoms with Gasteiger partial charge in [0.25, 0.3) is 5.91 Å². The molecule has 4 aromatic carbocycles. The van der Waals surface area contributed by atoms with Crippen LogP contribution in [0.15, 0.2) is 103 Å². The minimum absolute atomic E-state index is 0.116. The molecule has 1 amide bonds. The highest BCUT2D eigenvalue weighted by molar-refractivity contribution is 6.00. The summed E-state index contributed by atoms with van der Waals surface area (Å²) >= 11 is 0. The van der Waals surface area contributed by atoms with Gasteiger partial charge in [0.05, 0.1) is 5.54 Å². The van der Waals surface area contributed by atoms with Crippen LogP contribution in [0.4, 0.5) is 8.78 Å². The predicted molar refractivity (Wildman–Crippen MR) is 154 cm³/mol. The maximum Gasteiger partial charge on any atom is 0.255 e. The summed E-state index contributed by atoms with van der Waals surface area (Å²) in [5.41, 5.74) is 3.89. The predicted octanol–water partition coefficient (Wildman–Crippen LogP) is 7.52. The Morgan fingerprint density at radius 2 is 1.30 bits per heavy atom. The average Bonchev–Trinajstić information content (AvgIpc) is 3.21. The van der Waals surface area contributed by atoms with Gasteiger partial charge in [0.1, 0.15) is 11.6 Å². The third-order valence-corrected chi connectivity index (χ3v) is 8.82. The standard InChI is InChI=1S/C35H34F2N2O/c36-32-18-8-5-13-28(32)27(29-14-6-9-19-33(29)37)16-10-22-38-23-20-35(21-24-38)31-17-7-4-15-30(31)34(40)39(35)25-26-11-2-1-3-12-26/h1-9,11-15,17-19,27H,10,16,20-25H2. The van der Waals surface area contributed by atoms with E-state index in [9.17, 15) is 13.6 Å². The van der Waals surface area contributed by atoms with Crippen molar-refractivity contribution in [1.29, 1.82) is 0 Å².